The van der Waals surface area contributed by atoms with Crippen LogP contribution in [0.3, 0.4) is 0 Å². The van der Waals surface area contributed by atoms with Gasteiger partial charge in [-0.2, -0.15) is 0 Å². The van der Waals surface area contributed by atoms with Crippen LogP contribution in [0.5, 0.6) is 5.88 Å². The molecule has 0 radical (unpaired) electrons. The number of amides is 2. The summed E-state index contributed by atoms with van der Waals surface area (Å²) in [5.74, 6) is 0.564. The highest BCUT2D eigenvalue weighted by molar-refractivity contribution is 5.74. The van der Waals surface area contributed by atoms with Gasteiger partial charge in [0.15, 0.2) is 0 Å². The van der Waals surface area contributed by atoms with Crippen LogP contribution < -0.4 is 15.4 Å². The van der Waals surface area contributed by atoms with Crippen LogP contribution in [0.15, 0.2) is 48.9 Å². The van der Waals surface area contributed by atoms with Crippen LogP contribution in [0.25, 0.3) is 0 Å². The molecule has 6 nitrogen and oxygen atoms in total. The van der Waals surface area contributed by atoms with Crippen LogP contribution in [-0.4, -0.2) is 28.1 Å². The number of nitrogens with one attached hydrogen (secondary N) is 2. The Morgan fingerprint density at radius 3 is 2.62 bits per heavy atom. The van der Waals surface area contributed by atoms with E-state index in [0.717, 1.165) is 31.2 Å². The average molecular weight is 326 g/mol. The predicted octanol–water partition coefficient (Wildman–Crippen LogP) is 2.67. The van der Waals surface area contributed by atoms with Gasteiger partial charge in [-0.3, -0.25) is 4.98 Å². The van der Waals surface area contributed by atoms with Gasteiger partial charge in [-0.15, -0.1) is 0 Å². The first-order chi connectivity index (χ1) is 11.8. The van der Waals surface area contributed by atoms with Crippen LogP contribution in [-0.2, 0) is 6.54 Å². The molecule has 2 N–H and O–H groups in total. The number of hydrogen-bond acceptors (Lipinski definition) is 4. The second kappa shape index (κ2) is 8.29. The van der Waals surface area contributed by atoms with Crippen molar-refractivity contribution in [3.8, 4) is 5.88 Å². The average Bonchev–Trinajstić information content (AvgIpc) is 2.63. The van der Waals surface area contributed by atoms with Crippen molar-refractivity contribution in [3.05, 3.63) is 54.5 Å². The van der Waals surface area contributed by atoms with Gasteiger partial charge in [-0.1, -0.05) is 30.3 Å². The summed E-state index contributed by atoms with van der Waals surface area (Å²) in [5.41, 5.74) is 1.09. The Labute approximate surface area is 141 Å². The highest BCUT2D eigenvalue weighted by Gasteiger charge is 2.23. The number of carbonyl (C=O) groups excluding carboxylic acids is 1. The minimum absolute atomic E-state index is 0.114. The molecule has 0 saturated heterocycles. The zero-order chi connectivity index (χ0) is 16.6. The van der Waals surface area contributed by atoms with Gasteiger partial charge in [0.05, 0.1) is 6.20 Å². The Morgan fingerprint density at radius 1 is 1.12 bits per heavy atom. The van der Waals surface area contributed by atoms with Crippen molar-refractivity contribution in [2.45, 2.75) is 44.4 Å². The number of benzene rings is 1. The van der Waals surface area contributed by atoms with Crippen molar-refractivity contribution in [1.29, 1.82) is 0 Å². The Balaban J connectivity index is 1.36. The quantitative estimate of drug-likeness (QED) is 0.886. The van der Waals surface area contributed by atoms with Gasteiger partial charge >= 0.3 is 6.03 Å². The third-order valence-corrected chi connectivity index (χ3v) is 4.13. The second-order valence-corrected chi connectivity index (χ2v) is 5.95. The van der Waals surface area contributed by atoms with E-state index in [4.69, 9.17) is 4.74 Å². The maximum absolute atomic E-state index is 12.0. The molecule has 1 aliphatic rings. The molecule has 2 aromatic rings. The molecule has 0 spiro atoms. The van der Waals surface area contributed by atoms with Gasteiger partial charge in [0, 0.05) is 25.0 Å². The lowest BCUT2D eigenvalue weighted by Crippen LogP contribution is -2.44. The molecule has 1 saturated carbocycles. The van der Waals surface area contributed by atoms with E-state index in [9.17, 15) is 4.79 Å². The molecule has 2 amide bonds. The monoisotopic (exact) mass is 326 g/mol. The first-order valence-corrected chi connectivity index (χ1v) is 8.30. The lowest BCUT2D eigenvalue weighted by atomic mass is 9.93. The third kappa shape index (κ3) is 4.94. The molecule has 6 heteroatoms. The molecule has 126 valence electrons. The molecule has 1 aromatic heterocycles. The lowest BCUT2D eigenvalue weighted by molar-refractivity contribution is 0.134. The normalized spacial score (nSPS) is 20.2. The number of hydrogen-bond donors (Lipinski definition) is 2. The van der Waals surface area contributed by atoms with Gasteiger partial charge < -0.3 is 15.4 Å². The van der Waals surface area contributed by atoms with Crippen molar-refractivity contribution in [2.24, 2.45) is 0 Å². The van der Waals surface area contributed by atoms with Gasteiger partial charge in [-0.25, -0.2) is 9.78 Å². The molecule has 1 aromatic carbocycles. The summed E-state index contributed by atoms with van der Waals surface area (Å²) in [6.45, 7) is 0.539. The summed E-state index contributed by atoms with van der Waals surface area (Å²) in [6, 6.07) is 9.97. The smallest absolute Gasteiger partial charge is 0.315 e. The fourth-order valence-corrected chi connectivity index (χ4v) is 2.86. The van der Waals surface area contributed by atoms with E-state index < -0.39 is 0 Å². The van der Waals surface area contributed by atoms with Crippen molar-refractivity contribution < 1.29 is 9.53 Å². The zero-order valence-corrected chi connectivity index (χ0v) is 13.5. The summed E-state index contributed by atoms with van der Waals surface area (Å²) in [4.78, 5) is 20.1. The first-order valence-electron chi connectivity index (χ1n) is 8.30. The summed E-state index contributed by atoms with van der Waals surface area (Å²) in [5, 5.41) is 5.94. The third-order valence-electron chi connectivity index (χ3n) is 4.13. The molecule has 0 atom stereocenters. The van der Waals surface area contributed by atoms with Crippen molar-refractivity contribution in [3.63, 3.8) is 0 Å². The van der Waals surface area contributed by atoms with E-state index in [2.05, 4.69) is 20.6 Å². The van der Waals surface area contributed by atoms with E-state index in [1.54, 1.807) is 18.6 Å². The maximum Gasteiger partial charge on any atom is 0.315 e. The van der Waals surface area contributed by atoms with E-state index in [1.807, 2.05) is 30.3 Å². The summed E-state index contributed by atoms with van der Waals surface area (Å²) < 4.78 is 5.81. The number of urea groups is 1. The van der Waals surface area contributed by atoms with Crippen LogP contribution in [0, 0.1) is 0 Å². The summed E-state index contributed by atoms with van der Waals surface area (Å²) >= 11 is 0. The second-order valence-electron chi connectivity index (χ2n) is 5.95. The number of nitrogens with zero attached hydrogens (tertiary/aromatic N) is 2. The summed E-state index contributed by atoms with van der Waals surface area (Å²) in [7, 11) is 0. The topological polar surface area (TPSA) is 76.1 Å². The van der Waals surface area contributed by atoms with Gasteiger partial charge in [0.2, 0.25) is 5.88 Å². The van der Waals surface area contributed by atoms with Crippen molar-refractivity contribution in [1.82, 2.24) is 20.6 Å². The molecule has 1 aliphatic carbocycles. The lowest BCUT2D eigenvalue weighted by Gasteiger charge is -2.29. The van der Waals surface area contributed by atoms with E-state index in [-0.39, 0.29) is 18.2 Å². The molecular weight excluding hydrogens is 304 g/mol. The SMILES string of the molecule is O=C(NCc1ccccc1)NC1CCC(Oc2cnccn2)CC1. The van der Waals surface area contributed by atoms with Gasteiger partial charge in [0.1, 0.15) is 6.10 Å². The van der Waals surface area contributed by atoms with Crippen LogP contribution in [0.2, 0.25) is 0 Å². The minimum Gasteiger partial charge on any atom is -0.473 e. The molecular formula is C18H22N4O2. The molecule has 0 bridgehead atoms. The minimum atomic E-state index is -0.114. The molecule has 24 heavy (non-hydrogen) atoms. The molecule has 1 fully saturated rings. The van der Waals surface area contributed by atoms with E-state index in [0.29, 0.717) is 12.4 Å². The van der Waals surface area contributed by atoms with Crippen LogP contribution in [0.4, 0.5) is 4.79 Å². The van der Waals surface area contributed by atoms with E-state index in [1.165, 1.54) is 0 Å². The standard InChI is InChI=1S/C18H22N4O2/c23-18(21-12-14-4-2-1-3-5-14)22-15-6-8-16(9-7-15)24-17-13-19-10-11-20-17/h1-5,10-11,13,15-16H,6-9,12H2,(H2,21,22,23). The van der Waals surface area contributed by atoms with Gasteiger partial charge in [-0.05, 0) is 31.2 Å². The Kier molecular flexibility index (Phi) is 5.61. The fraction of sp³-hybridized carbons (Fsp3) is 0.389. The molecule has 0 unspecified atom stereocenters. The number of aromatic nitrogens is 2. The van der Waals surface area contributed by atoms with Crippen molar-refractivity contribution >= 4 is 6.03 Å². The van der Waals surface area contributed by atoms with Gasteiger partial charge in [0.25, 0.3) is 0 Å². The first kappa shape index (κ1) is 16.2. The number of rotatable bonds is 5. The summed E-state index contributed by atoms with van der Waals surface area (Å²) in [6.07, 6.45) is 8.64. The fourth-order valence-electron chi connectivity index (χ4n) is 2.86. The number of ether oxygens (including phenoxy) is 1. The Hall–Kier alpha value is -2.63. The predicted molar refractivity (Wildman–Crippen MR) is 90.5 cm³/mol. The highest BCUT2D eigenvalue weighted by atomic mass is 16.5. The molecule has 1 heterocycles. The van der Waals surface area contributed by atoms with Crippen LogP contribution >= 0.6 is 0 Å². The van der Waals surface area contributed by atoms with Crippen LogP contribution in [0.1, 0.15) is 31.2 Å². The van der Waals surface area contributed by atoms with E-state index >= 15 is 0 Å². The largest absolute Gasteiger partial charge is 0.473 e. The molecule has 0 aliphatic heterocycles. The Bertz CT molecular complexity index is 628. The Morgan fingerprint density at radius 2 is 1.92 bits per heavy atom. The maximum atomic E-state index is 12.0. The number of carbonyl (C=O) groups is 1. The van der Waals surface area contributed by atoms with Crippen molar-refractivity contribution in [2.75, 3.05) is 0 Å². The highest BCUT2D eigenvalue weighted by Crippen LogP contribution is 2.22. The molecule has 3 rings (SSSR count). The zero-order valence-electron chi connectivity index (χ0n) is 13.5.